The van der Waals surface area contributed by atoms with Crippen LogP contribution in [0.25, 0.3) is 10.2 Å². The number of anilines is 1. The molecule has 0 amide bonds. The maximum absolute atomic E-state index is 11.4. The van der Waals surface area contributed by atoms with Gasteiger partial charge < -0.3 is 10.0 Å². The first kappa shape index (κ1) is 13.3. The van der Waals surface area contributed by atoms with Crippen LogP contribution in [-0.4, -0.2) is 34.7 Å². The maximum atomic E-state index is 11.4. The summed E-state index contributed by atoms with van der Waals surface area (Å²) in [5.74, 6) is 0.403. The number of nitro groups is 1. The van der Waals surface area contributed by atoms with E-state index in [4.69, 9.17) is 0 Å². The Morgan fingerprint density at radius 1 is 1.55 bits per heavy atom. The Morgan fingerprint density at radius 2 is 2.30 bits per heavy atom. The standard InChI is InChI=1S/C13H15N3O3S/c1-15(6-8-4-9(17)5-8)10-2-3-11-12(14-7-20-11)13(10)16(18)19/h2-3,7-9,17H,4-6H2,1H3. The highest BCUT2D eigenvalue weighted by Gasteiger charge is 2.30. The second-order valence-corrected chi connectivity index (χ2v) is 6.15. The average molecular weight is 293 g/mol. The largest absolute Gasteiger partial charge is 0.393 e. The molecule has 1 heterocycles. The number of nitro benzene ring substituents is 1. The number of hydrogen-bond acceptors (Lipinski definition) is 6. The number of fused-ring (bicyclic) bond motifs is 1. The van der Waals surface area contributed by atoms with Crippen LogP contribution in [0.3, 0.4) is 0 Å². The summed E-state index contributed by atoms with van der Waals surface area (Å²) in [5.41, 5.74) is 2.75. The fraction of sp³-hybridized carbons (Fsp3) is 0.462. The molecule has 7 heteroatoms. The molecule has 0 bridgehead atoms. The molecule has 1 aliphatic carbocycles. The lowest BCUT2D eigenvalue weighted by Crippen LogP contribution is -2.37. The second-order valence-electron chi connectivity index (χ2n) is 5.26. The summed E-state index contributed by atoms with van der Waals surface area (Å²) in [7, 11) is 1.85. The van der Waals surface area contributed by atoms with E-state index in [2.05, 4.69) is 4.98 Å². The molecule has 0 saturated heterocycles. The normalized spacial score (nSPS) is 21.7. The third-order valence-electron chi connectivity index (χ3n) is 3.79. The Kier molecular flexibility index (Phi) is 3.31. The van der Waals surface area contributed by atoms with Gasteiger partial charge in [0.25, 0.3) is 0 Å². The molecule has 0 spiro atoms. The second kappa shape index (κ2) is 4.99. The number of nitrogens with zero attached hydrogens (tertiary/aromatic N) is 3. The molecule has 1 fully saturated rings. The van der Waals surface area contributed by atoms with Crippen LogP contribution in [-0.2, 0) is 0 Å². The van der Waals surface area contributed by atoms with Crippen LogP contribution in [0.5, 0.6) is 0 Å². The highest BCUT2D eigenvalue weighted by Crippen LogP contribution is 2.37. The number of benzene rings is 1. The van der Waals surface area contributed by atoms with Gasteiger partial charge in [-0.15, -0.1) is 11.3 Å². The molecule has 1 saturated carbocycles. The zero-order chi connectivity index (χ0) is 14.3. The van der Waals surface area contributed by atoms with Crippen LogP contribution in [0.4, 0.5) is 11.4 Å². The van der Waals surface area contributed by atoms with Gasteiger partial charge in [-0.1, -0.05) is 0 Å². The molecule has 2 aromatic rings. The van der Waals surface area contributed by atoms with Gasteiger partial charge in [0.1, 0.15) is 5.69 Å². The molecule has 106 valence electrons. The number of aliphatic hydroxyl groups excluding tert-OH is 1. The van der Waals surface area contributed by atoms with E-state index in [0.29, 0.717) is 23.7 Å². The number of rotatable bonds is 4. The summed E-state index contributed by atoms with van der Waals surface area (Å²) in [5, 5.41) is 20.7. The minimum atomic E-state index is -0.358. The van der Waals surface area contributed by atoms with E-state index in [1.165, 1.54) is 11.3 Å². The molecule has 6 nitrogen and oxygen atoms in total. The lowest BCUT2D eigenvalue weighted by Gasteiger charge is -2.35. The van der Waals surface area contributed by atoms with Crippen molar-refractivity contribution in [3.8, 4) is 0 Å². The summed E-state index contributed by atoms with van der Waals surface area (Å²) in [6.07, 6.45) is 1.35. The zero-order valence-electron chi connectivity index (χ0n) is 11.0. The number of thiazole rings is 1. The fourth-order valence-electron chi connectivity index (χ4n) is 2.73. The van der Waals surface area contributed by atoms with Crippen molar-refractivity contribution in [2.24, 2.45) is 5.92 Å². The van der Waals surface area contributed by atoms with Crippen molar-refractivity contribution < 1.29 is 10.0 Å². The lowest BCUT2D eigenvalue weighted by molar-refractivity contribution is -0.382. The molecule has 1 aromatic carbocycles. The molecule has 3 rings (SSSR count). The van der Waals surface area contributed by atoms with Gasteiger partial charge in [-0.3, -0.25) is 10.1 Å². The predicted molar refractivity (Wildman–Crippen MR) is 78.3 cm³/mol. The minimum Gasteiger partial charge on any atom is -0.393 e. The van der Waals surface area contributed by atoms with Gasteiger partial charge in [-0.25, -0.2) is 4.98 Å². The first-order valence-corrected chi connectivity index (χ1v) is 7.34. The van der Waals surface area contributed by atoms with Crippen LogP contribution in [0.15, 0.2) is 17.6 Å². The molecule has 0 radical (unpaired) electrons. The van der Waals surface area contributed by atoms with Gasteiger partial charge in [0, 0.05) is 13.6 Å². The van der Waals surface area contributed by atoms with Crippen molar-refractivity contribution in [1.29, 1.82) is 0 Å². The summed E-state index contributed by atoms with van der Waals surface area (Å²) >= 11 is 1.40. The number of aliphatic hydroxyl groups is 1. The van der Waals surface area contributed by atoms with Crippen molar-refractivity contribution in [3.05, 3.63) is 27.8 Å². The number of hydrogen-bond donors (Lipinski definition) is 1. The average Bonchev–Trinajstić information content (AvgIpc) is 2.83. The molecular weight excluding hydrogens is 278 g/mol. The van der Waals surface area contributed by atoms with E-state index in [9.17, 15) is 15.2 Å². The smallest absolute Gasteiger partial charge is 0.319 e. The van der Waals surface area contributed by atoms with E-state index >= 15 is 0 Å². The summed E-state index contributed by atoms with van der Waals surface area (Å²) in [6.45, 7) is 0.716. The van der Waals surface area contributed by atoms with Gasteiger partial charge in [-0.05, 0) is 30.9 Å². The Balaban J connectivity index is 1.93. The molecule has 0 unspecified atom stereocenters. The summed E-state index contributed by atoms with van der Waals surface area (Å²) < 4.78 is 0.827. The van der Waals surface area contributed by atoms with Crippen LogP contribution in [0.2, 0.25) is 0 Å². The minimum absolute atomic E-state index is 0.0751. The van der Waals surface area contributed by atoms with Crippen LogP contribution in [0, 0.1) is 16.0 Å². The molecule has 0 atom stereocenters. The predicted octanol–water partition coefficient (Wildman–Crippen LogP) is 2.41. The van der Waals surface area contributed by atoms with Gasteiger partial charge in [0.05, 0.1) is 21.2 Å². The van der Waals surface area contributed by atoms with Gasteiger partial charge in [0.2, 0.25) is 0 Å². The van der Waals surface area contributed by atoms with Crippen LogP contribution >= 0.6 is 11.3 Å². The van der Waals surface area contributed by atoms with E-state index < -0.39 is 0 Å². The van der Waals surface area contributed by atoms with Crippen molar-refractivity contribution in [2.45, 2.75) is 18.9 Å². The first-order valence-electron chi connectivity index (χ1n) is 6.46. The summed E-state index contributed by atoms with van der Waals surface area (Å²) in [4.78, 5) is 17.0. The molecular formula is C13H15N3O3S. The number of aromatic nitrogens is 1. The molecule has 1 aliphatic rings. The SMILES string of the molecule is CN(CC1CC(O)C1)c1ccc2scnc2c1[N+](=O)[O-]. The third-order valence-corrected chi connectivity index (χ3v) is 4.59. The lowest BCUT2D eigenvalue weighted by atomic mass is 9.82. The fourth-order valence-corrected chi connectivity index (χ4v) is 3.41. The van der Waals surface area contributed by atoms with Gasteiger partial charge in [-0.2, -0.15) is 0 Å². The van der Waals surface area contributed by atoms with Gasteiger partial charge in [0.15, 0.2) is 5.52 Å². The Hall–Kier alpha value is -1.73. The monoisotopic (exact) mass is 293 g/mol. The third kappa shape index (κ3) is 2.23. The topological polar surface area (TPSA) is 79.5 Å². The Morgan fingerprint density at radius 3 is 2.95 bits per heavy atom. The molecule has 1 N–H and O–H groups in total. The van der Waals surface area contributed by atoms with E-state index in [1.807, 2.05) is 18.0 Å². The molecule has 0 aliphatic heterocycles. The zero-order valence-corrected chi connectivity index (χ0v) is 11.8. The van der Waals surface area contributed by atoms with Crippen molar-refractivity contribution in [3.63, 3.8) is 0 Å². The highest BCUT2D eigenvalue weighted by molar-refractivity contribution is 7.16. The highest BCUT2D eigenvalue weighted by atomic mass is 32.1. The maximum Gasteiger partial charge on any atom is 0.319 e. The summed E-state index contributed by atoms with van der Waals surface area (Å²) in [6, 6.07) is 3.66. The van der Waals surface area contributed by atoms with Crippen molar-refractivity contribution in [1.82, 2.24) is 4.98 Å². The van der Waals surface area contributed by atoms with E-state index in [1.54, 1.807) is 11.6 Å². The Bertz CT molecular complexity index is 651. The van der Waals surface area contributed by atoms with Crippen molar-refractivity contribution >= 4 is 32.9 Å². The Labute approximate surface area is 119 Å². The van der Waals surface area contributed by atoms with E-state index in [-0.39, 0.29) is 16.7 Å². The first-order chi connectivity index (χ1) is 9.56. The van der Waals surface area contributed by atoms with Crippen LogP contribution < -0.4 is 4.90 Å². The molecule has 20 heavy (non-hydrogen) atoms. The van der Waals surface area contributed by atoms with E-state index in [0.717, 1.165) is 17.5 Å². The van der Waals surface area contributed by atoms with Crippen molar-refractivity contribution in [2.75, 3.05) is 18.5 Å². The van der Waals surface area contributed by atoms with Gasteiger partial charge >= 0.3 is 5.69 Å². The van der Waals surface area contributed by atoms with Crippen LogP contribution in [0.1, 0.15) is 12.8 Å². The molecule has 1 aromatic heterocycles. The quantitative estimate of drug-likeness (QED) is 0.691.